The summed E-state index contributed by atoms with van der Waals surface area (Å²) in [4.78, 5) is 28.2. The number of benzene rings is 2. The number of hydrogen-bond donors (Lipinski definition) is 2. The van der Waals surface area contributed by atoms with Gasteiger partial charge in [0.15, 0.2) is 0 Å². The number of aromatic nitrogens is 1. The van der Waals surface area contributed by atoms with Gasteiger partial charge in [0.05, 0.1) is 6.21 Å². The van der Waals surface area contributed by atoms with Gasteiger partial charge < -0.3 is 5.32 Å². The molecular formula is C20H15ClN4O2. The topological polar surface area (TPSA) is 83.4 Å². The van der Waals surface area contributed by atoms with Crippen molar-refractivity contribution < 1.29 is 9.59 Å². The molecule has 2 N–H and O–H groups in total. The van der Waals surface area contributed by atoms with Gasteiger partial charge in [-0.3, -0.25) is 14.6 Å². The predicted octanol–water partition coefficient (Wildman–Crippen LogP) is 3.75. The first-order chi connectivity index (χ1) is 13.1. The Hall–Kier alpha value is -3.51. The van der Waals surface area contributed by atoms with Crippen molar-refractivity contribution in [1.29, 1.82) is 0 Å². The molecule has 7 heteroatoms. The highest BCUT2D eigenvalue weighted by Crippen LogP contribution is 2.14. The van der Waals surface area contributed by atoms with Crippen molar-refractivity contribution in [2.75, 3.05) is 5.32 Å². The van der Waals surface area contributed by atoms with Gasteiger partial charge in [-0.25, -0.2) is 5.43 Å². The molecule has 3 aromatic rings. The normalized spacial score (nSPS) is 10.6. The molecule has 6 nitrogen and oxygen atoms in total. The number of nitrogens with one attached hydrogen (secondary N) is 2. The summed E-state index contributed by atoms with van der Waals surface area (Å²) in [7, 11) is 0. The molecule has 134 valence electrons. The average molecular weight is 379 g/mol. The lowest BCUT2D eigenvalue weighted by Crippen LogP contribution is -2.17. The van der Waals surface area contributed by atoms with E-state index in [1.54, 1.807) is 67.0 Å². The maximum absolute atomic E-state index is 12.2. The third-order valence-electron chi connectivity index (χ3n) is 3.56. The van der Waals surface area contributed by atoms with Crippen LogP contribution in [0.3, 0.4) is 0 Å². The van der Waals surface area contributed by atoms with Crippen molar-refractivity contribution >= 4 is 35.3 Å². The second kappa shape index (κ2) is 8.73. The Labute approximate surface area is 160 Å². The lowest BCUT2D eigenvalue weighted by atomic mass is 10.1. The van der Waals surface area contributed by atoms with Gasteiger partial charge in [0, 0.05) is 39.8 Å². The molecule has 1 aromatic heterocycles. The second-order valence-electron chi connectivity index (χ2n) is 5.53. The van der Waals surface area contributed by atoms with Gasteiger partial charge in [0.1, 0.15) is 0 Å². The third kappa shape index (κ3) is 5.23. The quantitative estimate of drug-likeness (QED) is 0.524. The Morgan fingerprint density at radius 3 is 2.48 bits per heavy atom. The first kappa shape index (κ1) is 18.3. The molecule has 27 heavy (non-hydrogen) atoms. The van der Waals surface area contributed by atoms with E-state index in [0.29, 0.717) is 21.8 Å². The Bertz CT molecular complexity index is 973. The Morgan fingerprint density at radius 1 is 0.963 bits per heavy atom. The number of pyridine rings is 1. The van der Waals surface area contributed by atoms with Crippen LogP contribution in [0.4, 0.5) is 5.69 Å². The van der Waals surface area contributed by atoms with Gasteiger partial charge in [-0.2, -0.15) is 5.10 Å². The standard InChI is InChI=1S/C20H15ClN4O2/c21-17-5-1-4-16(11-17)19(26)24-18-8-6-15(7-9-18)20(27)25-23-13-14-3-2-10-22-12-14/h1-13H,(H,24,26)(H,25,27)/b23-13-. The highest BCUT2D eigenvalue weighted by Gasteiger charge is 2.08. The molecule has 1 heterocycles. The van der Waals surface area contributed by atoms with Gasteiger partial charge in [-0.05, 0) is 48.5 Å². The number of carbonyl (C=O) groups excluding carboxylic acids is 2. The molecule has 0 radical (unpaired) electrons. The number of anilines is 1. The lowest BCUT2D eigenvalue weighted by Gasteiger charge is -2.06. The molecule has 0 fully saturated rings. The van der Waals surface area contributed by atoms with Crippen LogP contribution in [-0.2, 0) is 0 Å². The highest BCUT2D eigenvalue weighted by molar-refractivity contribution is 6.31. The van der Waals surface area contributed by atoms with E-state index in [4.69, 9.17) is 11.6 Å². The van der Waals surface area contributed by atoms with E-state index in [0.717, 1.165) is 5.56 Å². The predicted molar refractivity (Wildman–Crippen MR) is 105 cm³/mol. The smallest absolute Gasteiger partial charge is 0.271 e. The Morgan fingerprint density at radius 2 is 1.78 bits per heavy atom. The van der Waals surface area contributed by atoms with Crippen molar-refractivity contribution in [1.82, 2.24) is 10.4 Å². The zero-order valence-corrected chi connectivity index (χ0v) is 14.9. The molecule has 0 bridgehead atoms. The first-order valence-corrected chi connectivity index (χ1v) is 8.40. The fourth-order valence-corrected chi connectivity index (χ4v) is 2.41. The zero-order valence-electron chi connectivity index (χ0n) is 14.1. The van der Waals surface area contributed by atoms with Crippen molar-refractivity contribution in [3.05, 3.63) is 94.8 Å². The minimum absolute atomic E-state index is 0.282. The lowest BCUT2D eigenvalue weighted by molar-refractivity contribution is 0.0954. The van der Waals surface area contributed by atoms with E-state index < -0.39 is 0 Å². The van der Waals surface area contributed by atoms with Crippen molar-refractivity contribution in [2.45, 2.75) is 0 Å². The summed E-state index contributed by atoms with van der Waals surface area (Å²) in [5, 5.41) is 7.13. The first-order valence-electron chi connectivity index (χ1n) is 8.02. The number of halogens is 1. The van der Waals surface area contributed by atoms with Crippen LogP contribution >= 0.6 is 11.6 Å². The molecule has 0 atom stereocenters. The van der Waals surface area contributed by atoms with Gasteiger partial charge in [-0.15, -0.1) is 0 Å². The zero-order chi connectivity index (χ0) is 19.1. The number of hydrogen-bond acceptors (Lipinski definition) is 4. The SMILES string of the molecule is O=C(N/N=C\c1cccnc1)c1ccc(NC(=O)c2cccc(Cl)c2)cc1. The maximum atomic E-state index is 12.2. The number of carbonyl (C=O) groups is 2. The number of hydrazone groups is 1. The molecule has 3 rings (SSSR count). The minimum Gasteiger partial charge on any atom is -0.322 e. The summed E-state index contributed by atoms with van der Waals surface area (Å²) in [5.74, 6) is -0.640. The van der Waals surface area contributed by atoms with Gasteiger partial charge in [-0.1, -0.05) is 23.7 Å². The fraction of sp³-hybridized carbons (Fsp3) is 0. The van der Waals surface area contributed by atoms with Crippen LogP contribution < -0.4 is 10.7 Å². The van der Waals surface area contributed by atoms with Crippen LogP contribution in [0.15, 0.2) is 78.2 Å². The van der Waals surface area contributed by atoms with E-state index in [1.165, 1.54) is 6.21 Å². The molecule has 2 aromatic carbocycles. The molecule has 0 spiro atoms. The van der Waals surface area contributed by atoms with E-state index in [2.05, 4.69) is 20.8 Å². The van der Waals surface area contributed by atoms with E-state index >= 15 is 0 Å². The van der Waals surface area contributed by atoms with Crippen LogP contribution in [0.25, 0.3) is 0 Å². The van der Waals surface area contributed by atoms with Crippen molar-refractivity contribution in [3.8, 4) is 0 Å². The number of nitrogens with zero attached hydrogens (tertiary/aromatic N) is 2. The van der Waals surface area contributed by atoms with E-state index in [9.17, 15) is 9.59 Å². The summed E-state index contributed by atoms with van der Waals surface area (Å²) in [6.07, 6.45) is 4.79. The van der Waals surface area contributed by atoms with Crippen LogP contribution in [0.2, 0.25) is 5.02 Å². The average Bonchev–Trinajstić information content (AvgIpc) is 2.69. The Balaban J connectivity index is 1.58. The van der Waals surface area contributed by atoms with Crippen LogP contribution in [0.1, 0.15) is 26.3 Å². The second-order valence-corrected chi connectivity index (χ2v) is 5.96. The molecule has 0 unspecified atom stereocenters. The summed E-state index contributed by atoms with van der Waals surface area (Å²) < 4.78 is 0. The summed E-state index contributed by atoms with van der Waals surface area (Å²) in [6.45, 7) is 0. The van der Waals surface area contributed by atoms with Crippen molar-refractivity contribution in [2.24, 2.45) is 5.10 Å². The summed E-state index contributed by atoms with van der Waals surface area (Å²) in [6, 6.07) is 16.7. The van der Waals surface area contributed by atoms with Crippen LogP contribution in [0.5, 0.6) is 0 Å². The van der Waals surface area contributed by atoms with Gasteiger partial charge in [0.25, 0.3) is 11.8 Å². The largest absolute Gasteiger partial charge is 0.322 e. The number of amides is 2. The third-order valence-corrected chi connectivity index (χ3v) is 3.79. The van der Waals surface area contributed by atoms with Gasteiger partial charge in [0.2, 0.25) is 0 Å². The van der Waals surface area contributed by atoms with Crippen LogP contribution in [0, 0.1) is 0 Å². The molecule has 2 amide bonds. The molecule has 0 aliphatic rings. The molecule has 0 saturated heterocycles. The maximum Gasteiger partial charge on any atom is 0.271 e. The van der Waals surface area contributed by atoms with Gasteiger partial charge >= 0.3 is 0 Å². The van der Waals surface area contributed by atoms with E-state index in [-0.39, 0.29) is 11.8 Å². The minimum atomic E-state index is -0.358. The molecule has 0 saturated carbocycles. The number of rotatable bonds is 5. The van der Waals surface area contributed by atoms with Crippen LogP contribution in [-0.4, -0.2) is 23.0 Å². The molecule has 0 aliphatic heterocycles. The molecule has 0 aliphatic carbocycles. The van der Waals surface area contributed by atoms with Crippen molar-refractivity contribution in [3.63, 3.8) is 0 Å². The van der Waals surface area contributed by atoms with E-state index in [1.807, 2.05) is 6.07 Å². The molecular weight excluding hydrogens is 364 g/mol. The fourth-order valence-electron chi connectivity index (χ4n) is 2.22. The summed E-state index contributed by atoms with van der Waals surface area (Å²) in [5.41, 5.74) is 4.65. The monoisotopic (exact) mass is 378 g/mol. The Kier molecular flexibility index (Phi) is 5.91. The summed E-state index contributed by atoms with van der Waals surface area (Å²) >= 11 is 5.89. The highest BCUT2D eigenvalue weighted by atomic mass is 35.5.